The quantitative estimate of drug-likeness (QED) is 0.414. The molecule has 0 aliphatic heterocycles. The van der Waals surface area contributed by atoms with Crippen molar-refractivity contribution in [3.05, 3.63) is 89.5 Å². The van der Waals surface area contributed by atoms with Crippen molar-refractivity contribution in [2.24, 2.45) is 5.41 Å². The van der Waals surface area contributed by atoms with Gasteiger partial charge in [0.25, 0.3) is 5.91 Å². The van der Waals surface area contributed by atoms with E-state index in [2.05, 4.69) is 12.2 Å². The minimum Gasteiger partial charge on any atom is -0.497 e. The molecule has 3 aromatic rings. The van der Waals surface area contributed by atoms with Gasteiger partial charge in [0.05, 0.1) is 13.2 Å². The Hall–Kier alpha value is -3.80. The molecule has 6 heteroatoms. The largest absolute Gasteiger partial charge is 0.497 e. The standard InChI is InChI=1S/C30H37N3O3/c1-21(22-12-9-8-10-13-22)33(29(35)30(2,3)4)20-24-18-25(16-17-27(24)32(5)6)31-28(34)23-14-11-15-26(19-23)36-7/h8-19,21H,20H2,1-7H3,(H,31,34). The Morgan fingerprint density at radius 3 is 2.25 bits per heavy atom. The second kappa shape index (κ2) is 11.3. The van der Waals surface area contributed by atoms with E-state index in [0.717, 1.165) is 16.8 Å². The number of ether oxygens (including phenoxy) is 1. The first-order chi connectivity index (χ1) is 17.0. The Labute approximate surface area is 214 Å². The highest BCUT2D eigenvalue weighted by Gasteiger charge is 2.31. The van der Waals surface area contributed by atoms with Gasteiger partial charge >= 0.3 is 0 Å². The average molecular weight is 488 g/mol. The Morgan fingerprint density at radius 2 is 1.64 bits per heavy atom. The van der Waals surface area contributed by atoms with Gasteiger partial charge in [-0.1, -0.05) is 57.2 Å². The molecule has 1 N–H and O–H groups in total. The normalized spacial score (nSPS) is 12.0. The number of rotatable bonds is 8. The lowest BCUT2D eigenvalue weighted by Crippen LogP contribution is -2.40. The maximum absolute atomic E-state index is 13.6. The van der Waals surface area contributed by atoms with Crippen molar-refractivity contribution in [1.29, 1.82) is 0 Å². The molecule has 2 amide bonds. The van der Waals surface area contributed by atoms with Crippen molar-refractivity contribution in [3.8, 4) is 5.75 Å². The molecule has 0 heterocycles. The first-order valence-corrected chi connectivity index (χ1v) is 12.1. The minimum atomic E-state index is -0.542. The Balaban J connectivity index is 1.96. The van der Waals surface area contributed by atoms with E-state index in [1.165, 1.54) is 0 Å². The summed E-state index contributed by atoms with van der Waals surface area (Å²) in [5.74, 6) is 0.463. The van der Waals surface area contributed by atoms with Crippen molar-refractivity contribution in [2.75, 3.05) is 31.4 Å². The van der Waals surface area contributed by atoms with Crippen LogP contribution in [0.3, 0.4) is 0 Å². The summed E-state index contributed by atoms with van der Waals surface area (Å²) in [7, 11) is 5.53. The van der Waals surface area contributed by atoms with Crippen molar-refractivity contribution in [3.63, 3.8) is 0 Å². The van der Waals surface area contributed by atoms with Crippen molar-refractivity contribution in [2.45, 2.75) is 40.3 Å². The third kappa shape index (κ3) is 6.45. The highest BCUT2D eigenvalue weighted by Crippen LogP contribution is 2.32. The zero-order chi connectivity index (χ0) is 26.5. The lowest BCUT2D eigenvalue weighted by Gasteiger charge is -2.35. The molecule has 3 rings (SSSR count). The van der Waals surface area contributed by atoms with Crippen molar-refractivity contribution >= 4 is 23.2 Å². The van der Waals surface area contributed by atoms with E-state index < -0.39 is 5.41 Å². The van der Waals surface area contributed by atoms with Gasteiger partial charge in [-0.3, -0.25) is 9.59 Å². The SMILES string of the molecule is COc1cccc(C(=O)Nc2ccc(N(C)C)c(CN(C(=O)C(C)(C)C)C(C)c3ccccc3)c2)c1. The maximum atomic E-state index is 13.6. The van der Waals surface area contributed by atoms with Gasteiger partial charge in [0, 0.05) is 43.0 Å². The average Bonchev–Trinajstić information content (AvgIpc) is 2.86. The van der Waals surface area contributed by atoms with E-state index >= 15 is 0 Å². The summed E-state index contributed by atoms with van der Waals surface area (Å²) in [6.07, 6.45) is 0. The zero-order valence-corrected chi connectivity index (χ0v) is 22.3. The first kappa shape index (κ1) is 26.8. The molecule has 0 bridgehead atoms. The minimum absolute atomic E-state index is 0.0642. The van der Waals surface area contributed by atoms with Crippen LogP contribution in [-0.2, 0) is 11.3 Å². The van der Waals surface area contributed by atoms with Gasteiger partial charge in [-0.25, -0.2) is 0 Å². The molecule has 0 aliphatic carbocycles. The summed E-state index contributed by atoms with van der Waals surface area (Å²) in [6, 6.07) is 22.8. The number of amides is 2. The summed E-state index contributed by atoms with van der Waals surface area (Å²) in [5.41, 5.74) is 3.64. The zero-order valence-electron chi connectivity index (χ0n) is 22.3. The molecular formula is C30H37N3O3. The van der Waals surface area contributed by atoms with Crippen LogP contribution in [0.2, 0.25) is 0 Å². The van der Waals surface area contributed by atoms with Crippen LogP contribution in [0, 0.1) is 5.41 Å². The predicted octanol–water partition coefficient (Wildman–Crippen LogP) is 6.15. The van der Waals surface area contributed by atoms with Gasteiger partial charge in [-0.2, -0.15) is 0 Å². The van der Waals surface area contributed by atoms with Gasteiger partial charge < -0.3 is 19.9 Å². The molecule has 0 fully saturated rings. The van der Waals surface area contributed by atoms with E-state index in [0.29, 0.717) is 23.5 Å². The third-order valence-corrected chi connectivity index (χ3v) is 6.14. The molecule has 0 aromatic heterocycles. The Morgan fingerprint density at radius 1 is 0.944 bits per heavy atom. The fraction of sp³-hybridized carbons (Fsp3) is 0.333. The van der Waals surface area contributed by atoms with Crippen LogP contribution in [-0.4, -0.2) is 37.9 Å². The molecule has 3 aromatic carbocycles. The fourth-order valence-electron chi connectivity index (χ4n) is 4.10. The first-order valence-electron chi connectivity index (χ1n) is 12.1. The molecule has 190 valence electrons. The van der Waals surface area contributed by atoms with Crippen LogP contribution in [0.4, 0.5) is 11.4 Å². The van der Waals surface area contributed by atoms with E-state index in [4.69, 9.17) is 4.74 Å². The number of hydrogen-bond acceptors (Lipinski definition) is 4. The van der Waals surface area contributed by atoms with E-state index in [-0.39, 0.29) is 17.9 Å². The van der Waals surface area contributed by atoms with Crippen molar-refractivity contribution in [1.82, 2.24) is 4.90 Å². The van der Waals surface area contributed by atoms with Gasteiger partial charge in [-0.15, -0.1) is 0 Å². The summed E-state index contributed by atoms with van der Waals surface area (Å²) in [6.45, 7) is 8.29. The third-order valence-electron chi connectivity index (χ3n) is 6.14. The number of hydrogen-bond donors (Lipinski definition) is 1. The number of benzene rings is 3. The summed E-state index contributed by atoms with van der Waals surface area (Å²) in [4.78, 5) is 30.5. The molecule has 0 spiro atoms. The molecule has 36 heavy (non-hydrogen) atoms. The molecule has 1 atom stereocenters. The van der Waals surface area contributed by atoms with E-state index in [1.807, 2.05) is 93.2 Å². The number of nitrogens with one attached hydrogen (secondary N) is 1. The Kier molecular flexibility index (Phi) is 8.41. The number of nitrogens with zero attached hydrogens (tertiary/aromatic N) is 2. The molecule has 0 saturated heterocycles. The second-order valence-electron chi connectivity index (χ2n) is 10.2. The lowest BCUT2D eigenvalue weighted by atomic mass is 9.92. The predicted molar refractivity (Wildman–Crippen MR) is 147 cm³/mol. The topological polar surface area (TPSA) is 61.9 Å². The molecule has 0 saturated carbocycles. The molecule has 0 radical (unpaired) electrons. The number of carbonyl (C=O) groups excluding carboxylic acids is 2. The Bertz CT molecular complexity index is 1200. The molecular weight excluding hydrogens is 450 g/mol. The monoisotopic (exact) mass is 487 g/mol. The van der Waals surface area contributed by atoms with Gasteiger partial charge in [0.2, 0.25) is 5.91 Å². The van der Waals surface area contributed by atoms with Gasteiger partial charge in [0.1, 0.15) is 5.75 Å². The van der Waals surface area contributed by atoms with Crippen LogP contribution in [0.1, 0.15) is 55.2 Å². The van der Waals surface area contributed by atoms with E-state index in [9.17, 15) is 9.59 Å². The molecule has 1 unspecified atom stereocenters. The highest BCUT2D eigenvalue weighted by molar-refractivity contribution is 6.04. The number of methoxy groups -OCH3 is 1. The highest BCUT2D eigenvalue weighted by atomic mass is 16.5. The van der Waals surface area contributed by atoms with Gasteiger partial charge in [0.15, 0.2) is 0 Å². The number of anilines is 2. The smallest absolute Gasteiger partial charge is 0.255 e. The van der Waals surface area contributed by atoms with Crippen LogP contribution in [0.15, 0.2) is 72.8 Å². The number of carbonyl (C=O) groups is 2. The van der Waals surface area contributed by atoms with Crippen LogP contribution < -0.4 is 15.0 Å². The molecule has 0 aliphatic rings. The summed E-state index contributed by atoms with van der Waals surface area (Å²) < 4.78 is 5.25. The van der Waals surface area contributed by atoms with Gasteiger partial charge in [-0.05, 0) is 54.4 Å². The fourth-order valence-corrected chi connectivity index (χ4v) is 4.10. The second-order valence-corrected chi connectivity index (χ2v) is 10.2. The van der Waals surface area contributed by atoms with Crippen LogP contribution >= 0.6 is 0 Å². The summed E-state index contributed by atoms with van der Waals surface area (Å²) in [5, 5.41) is 2.99. The van der Waals surface area contributed by atoms with Crippen LogP contribution in [0.25, 0.3) is 0 Å². The van der Waals surface area contributed by atoms with E-state index in [1.54, 1.807) is 31.4 Å². The maximum Gasteiger partial charge on any atom is 0.255 e. The van der Waals surface area contributed by atoms with Crippen LogP contribution in [0.5, 0.6) is 5.75 Å². The lowest BCUT2D eigenvalue weighted by molar-refractivity contribution is -0.142. The molecule has 6 nitrogen and oxygen atoms in total. The summed E-state index contributed by atoms with van der Waals surface area (Å²) >= 11 is 0. The van der Waals surface area contributed by atoms with Crippen molar-refractivity contribution < 1.29 is 14.3 Å².